The number of ether oxygens (including phenoxy) is 1. The molecule has 0 unspecified atom stereocenters. The van der Waals surface area contributed by atoms with Crippen LogP contribution in [-0.2, 0) is 9.53 Å². The molecule has 0 saturated carbocycles. The summed E-state index contributed by atoms with van der Waals surface area (Å²) in [5.41, 5.74) is 0. The number of alkyl halides is 3. The lowest BCUT2D eigenvalue weighted by atomic mass is 10.2. The molecule has 21 heavy (non-hydrogen) atoms. The Bertz CT molecular complexity index is 332. The van der Waals surface area contributed by atoms with Gasteiger partial charge in [0.25, 0.3) is 0 Å². The van der Waals surface area contributed by atoms with Gasteiger partial charge in [0.15, 0.2) is 4.08 Å². The van der Waals surface area contributed by atoms with E-state index in [-0.39, 0.29) is 0 Å². The quantitative estimate of drug-likeness (QED) is 0.685. The second kappa shape index (κ2) is 8.53. The van der Waals surface area contributed by atoms with Crippen molar-refractivity contribution in [1.82, 2.24) is 5.32 Å². The van der Waals surface area contributed by atoms with Gasteiger partial charge in [0.1, 0.15) is 0 Å². The van der Waals surface area contributed by atoms with Crippen molar-refractivity contribution in [3.05, 3.63) is 0 Å². The molecule has 0 aromatic rings. The fourth-order valence-corrected chi connectivity index (χ4v) is 4.77. The minimum absolute atomic E-state index is 0.347. The van der Waals surface area contributed by atoms with Crippen molar-refractivity contribution in [3.8, 4) is 0 Å². The number of nitrogens with one attached hydrogen (secondary N) is 1. The molecule has 1 heterocycles. The molecule has 124 valence electrons. The van der Waals surface area contributed by atoms with Gasteiger partial charge in [-0.1, -0.05) is 13.8 Å². The summed E-state index contributed by atoms with van der Waals surface area (Å²) in [5, 5.41) is 2.55. The van der Waals surface area contributed by atoms with E-state index >= 15 is 0 Å². The van der Waals surface area contributed by atoms with Gasteiger partial charge < -0.3 is 10.1 Å². The van der Waals surface area contributed by atoms with E-state index in [0.717, 1.165) is 23.5 Å². The Morgan fingerprint density at radius 2 is 1.95 bits per heavy atom. The standard InChI is InChI=1S/C13H22F3NO2S2/c1-10(2)9-19-5-3-4-17-11(18)8-12(13(14,15)16)20-6-7-21-12/h10H,3-9H2,1-2H3,(H,17,18). The highest BCUT2D eigenvalue weighted by molar-refractivity contribution is 8.21. The molecule has 0 aromatic heterocycles. The molecule has 0 spiro atoms. The van der Waals surface area contributed by atoms with Crippen molar-refractivity contribution in [1.29, 1.82) is 0 Å². The molecule has 0 bridgehead atoms. The molecule has 1 amide bonds. The number of thioether (sulfide) groups is 2. The maximum atomic E-state index is 13.1. The Labute approximate surface area is 132 Å². The summed E-state index contributed by atoms with van der Waals surface area (Å²) < 4.78 is 42.7. The smallest absolute Gasteiger partial charge is 0.381 e. The van der Waals surface area contributed by atoms with Crippen molar-refractivity contribution >= 4 is 29.4 Å². The first-order valence-electron chi connectivity index (χ1n) is 6.96. The fraction of sp³-hybridized carbons (Fsp3) is 0.923. The molecule has 1 rings (SSSR count). The lowest BCUT2D eigenvalue weighted by Crippen LogP contribution is -2.42. The third-order valence-corrected chi connectivity index (χ3v) is 6.28. The van der Waals surface area contributed by atoms with Gasteiger partial charge >= 0.3 is 6.18 Å². The number of halogens is 3. The molecule has 1 fully saturated rings. The first-order chi connectivity index (χ1) is 9.77. The zero-order valence-electron chi connectivity index (χ0n) is 12.3. The van der Waals surface area contributed by atoms with Crippen LogP contribution in [0.25, 0.3) is 0 Å². The van der Waals surface area contributed by atoms with Crippen LogP contribution in [0.15, 0.2) is 0 Å². The van der Waals surface area contributed by atoms with Crippen LogP contribution in [0, 0.1) is 5.92 Å². The zero-order valence-corrected chi connectivity index (χ0v) is 13.9. The van der Waals surface area contributed by atoms with Crippen LogP contribution in [-0.4, -0.2) is 47.4 Å². The third kappa shape index (κ3) is 6.28. The predicted octanol–water partition coefficient (Wildman–Crippen LogP) is 3.29. The molecule has 1 saturated heterocycles. The highest BCUT2D eigenvalue weighted by atomic mass is 32.2. The van der Waals surface area contributed by atoms with Crippen LogP contribution in [0.3, 0.4) is 0 Å². The van der Waals surface area contributed by atoms with E-state index in [1.165, 1.54) is 0 Å². The summed E-state index contributed by atoms with van der Waals surface area (Å²) in [6.07, 6.45) is -4.27. The lowest BCUT2D eigenvalue weighted by Gasteiger charge is -2.29. The number of rotatable bonds is 8. The van der Waals surface area contributed by atoms with Crippen LogP contribution in [0.4, 0.5) is 13.2 Å². The van der Waals surface area contributed by atoms with E-state index in [1.54, 1.807) is 0 Å². The Kier molecular flexibility index (Phi) is 7.70. The highest BCUT2D eigenvalue weighted by Gasteiger charge is 2.58. The van der Waals surface area contributed by atoms with Gasteiger partial charge in [-0.3, -0.25) is 4.79 Å². The van der Waals surface area contributed by atoms with E-state index in [0.29, 0.717) is 43.6 Å². The molecule has 1 aliphatic rings. The van der Waals surface area contributed by atoms with Gasteiger partial charge in [0, 0.05) is 31.3 Å². The monoisotopic (exact) mass is 345 g/mol. The first kappa shape index (κ1) is 19.0. The first-order valence-corrected chi connectivity index (χ1v) is 8.93. The Morgan fingerprint density at radius 1 is 1.33 bits per heavy atom. The summed E-state index contributed by atoms with van der Waals surface area (Å²) in [5.74, 6) is 0.766. The van der Waals surface area contributed by atoms with E-state index in [4.69, 9.17) is 4.74 Å². The number of hydrogen-bond donors (Lipinski definition) is 1. The molecular weight excluding hydrogens is 323 g/mol. The molecular formula is C13H22F3NO2S2. The topological polar surface area (TPSA) is 38.3 Å². The minimum atomic E-state index is -4.36. The largest absolute Gasteiger partial charge is 0.412 e. The van der Waals surface area contributed by atoms with Crippen molar-refractivity contribution in [2.75, 3.05) is 31.3 Å². The minimum Gasteiger partial charge on any atom is -0.381 e. The van der Waals surface area contributed by atoms with E-state index in [9.17, 15) is 18.0 Å². The lowest BCUT2D eigenvalue weighted by molar-refractivity contribution is -0.146. The van der Waals surface area contributed by atoms with E-state index in [1.807, 2.05) is 13.8 Å². The van der Waals surface area contributed by atoms with Crippen molar-refractivity contribution in [2.24, 2.45) is 5.92 Å². The Balaban J connectivity index is 2.26. The molecule has 8 heteroatoms. The molecule has 3 nitrogen and oxygen atoms in total. The van der Waals surface area contributed by atoms with Gasteiger partial charge in [-0.25, -0.2) is 0 Å². The molecule has 0 atom stereocenters. The average Bonchev–Trinajstić information content (AvgIpc) is 2.82. The highest BCUT2D eigenvalue weighted by Crippen LogP contribution is 2.56. The van der Waals surface area contributed by atoms with Gasteiger partial charge in [-0.15, -0.1) is 23.5 Å². The van der Waals surface area contributed by atoms with Crippen molar-refractivity contribution in [2.45, 2.75) is 36.9 Å². The van der Waals surface area contributed by atoms with Gasteiger partial charge in [-0.2, -0.15) is 13.2 Å². The van der Waals surface area contributed by atoms with Crippen molar-refractivity contribution in [3.63, 3.8) is 0 Å². The van der Waals surface area contributed by atoms with Crippen LogP contribution in [0.5, 0.6) is 0 Å². The van der Waals surface area contributed by atoms with Crippen LogP contribution in [0.1, 0.15) is 26.7 Å². The summed E-state index contributed by atoms with van der Waals surface area (Å²) >= 11 is 1.66. The predicted molar refractivity (Wildman–Crippen MR) is 81.6 cm³/mol. The second-order valence-corrected chi connectivity index (χ2v) is 8.34. The molecule has 1 aliphatic heterocycles. The average molecular weight is 345 g/mol. The van der Waals surface area contributed by atoms with Gasteiger partial charge in [0.05, 0.1) is 6.42 Å². The zero-order chi connectivity index (χ0) is 15.9. The number of carbonyl (C=O) groups excluding carboxylic acids is 1. The van der Waals surface area contributed by atoms with Gasteiger partial charge in [-0.05, 0) is 12.3 Å². The maximum Gasteiger partial charge on any atom is 0.412 e. The van der Waals surface area contributed by atoms with Gasteiger partial charge in [0.2, 0.25) is 5.91 Å². The van der Waals surface area contributed by atoms with Crippen LogP contribution >= 0.6 is 23.5 Å². The number of hydrogen-bond acceptors (Lipinski definition) is 4. The van der Waals surface area contributed by atoms with E-state index in [2.05, 4.69) is 5.32 Å². The van der Waals surface area contributed by atoms with Crippen LogP contribution < -0.4 is 5.32 Å². The summed E-state index contributed by atoms with van der Waals surface area (Å²) in [4.78, 5) is 11.7. The van der Waals surface area contributed by atoms with Crippen LogP contribution in [0.2, 0.25) is 0 Å². The molecule has 0 radical (unpaired) electrons. The molecule has 0 aliphatic carbocycles. The van der Waals surface area contributed by atoms with E-state index < -0.39 is 22.6 Å². The third-order valence-electron chi connectivity index (χ3n) is 2.82. The maximum absolute atomic E-state index is 13.1. The fourth-order valence-electron chi connectivity index (χ4n) is 1.82. The normalized spacial score (nSPS) is 18.2. The summed E-state index contributed by atoms with van der Waals surface area (Å²) in [6, 6.07) is 0. The molecule has 1 N–H and O–H groups in total. The molecule has 0 aromatic carbocycles. The summed E-state index contributed by atoms with van der Waals surface area (Å²) in [7, 11) is 0. The second-order valence-electron chi connectivity index (χ2n) is 5.30. The number of carbonyl (C=O) groups is 1. The SMILES string of the molecule is CC(C)COCCCNC(=O)CC1(C(F)(F)F)SCCS1. The number of amides is 1. The Hall–Kier alpha value is -0.0800. The van der Waals surface area contributed by atoms with Crippen molar-refractivity contribution < 1.29 is 22.7 Å². The summed E-state index contributed by atoms with van der Waals surface area (Å²) in [6.45, 7) is 5.58. The Morgan fingerprint density at radius 3 is 2.48 bits per heavy atom.